The van der Waals surface area contributed by atoms with Gasteiger partial charge in [0.2, 0.25) is 0 Å². The van der Waals surface area contributed by atoms with E-state index in [1.165, 1.54) is 0 Å². The topological polar surface area (TPSA) is 76.1 Å². The zero-order valence-electron chi connectivity index (χ0n) is 11.2. The molecule has 1 unspecified atom stereocenters. The van der Waals surface area contributed by atoms with Crippen LogP contribution >= 0.6 is 11.7 Å². The van der Waals surface area contributed by atoms with Crippen LogP contribution in [0.5, 0.6) is 0 Å². The Bertz CT molecular complexity index is 622. The molecule has 1 aliphatic heterocycles. The van der Waals surface area contributed by atoms with Gasteiger partial charge in [-0.25, -0.2) is 4.79 Å². The molecule has 1 atom stereocenters. The molecule has 1 aliphatic rings. The van der Waals surface area contributed by atoms with E-state index in [-0.39, 0.29) is 12.1 Å². The number of hydrogen-bond acceptors (Lipinski definition) is 5. The fraction of sp³-hybridized carbons (Fsp3) is 0.462. The predicted molar refractivity (Wildman–Crippen MR) is 78.1 cm³/mol. The van der Waals surface area contributed by atoms with Gasteiger partial charge in [0.25, 0.3) is 0 Å². The number of ether oxygens (including phenoxy) is 1. The summed E-state index contributed by atoms with van der Waals surface area (Å²) in [5.41, 5.74) is 3.23. The molecule has 0 aliphatic carbocycles. The fourth-order valence-corrected chi connectivity index (χ4v) is 2.82. The average Bonchev–Trinajstić information content (AvgIpc) is 3.10. The quantitative estimate of drug-likeness (QED) is 0.910. The Morgan fingerprint density at radius 1 is 1.50 bits per heavy atom. The molecule has 1 saturated heterocycles. The molecule has 2 aromatic rings. The van der Waals surface area contributed by atoms with Crippen molar-refractivity contribution in [1.82, 2.24) is 14.1 Å². The first-order chi connectivity index (χ1) is 9.74. The fourth-order valence-electron chi connectivity index (χ4n) is 2.28. The molecule has 1 fully saturated rings. The molecule has 2 heterocycles. The summed E-state index contributed by atoms with van der Waals surface area (Å²) < 4.78 is 13.9. The average molecular weight is 292 g/mol. The van der Waals surface area contributed by atoms with Crippen LogP contribution in [0.1, 0.15) is 18.4 Å². The van der Waals surface area contributed by atoms with Crippen LogP contribution in [0.25, 0.3) is 11.0 Å². The standard InChI is InChI=1S/C13H16N4O2S/c1-8-4-5-10-12(17-20-16-10)11(8)15-13(18)14-7-9-3-2-6-19-9/h4-5,9H,2-3,6-7H2,1H3,(H2,14,15,18). The third-order valence-electron chi connectivity index (χ3n) is 3.39. The summed E-state index contributed by atoms with van der Waals surface area (Å²) in [6.45, 7) is 3.27. The lowest BCUT2D eigenvalue weighted by Gasteiger charge is -2.13. The van der Waals surface area contributed by atoms with Crippen LogP contribution in [0.3, 0.4) is 0 Å². The minimum absolute atomic E-state index is 0.138. The Hall–Kier alpha value is -1.73. The first-order valence-corrected chi connectivity index (χ1v) is 7.35. The highest BCUT2D eigenvalue weighted by Crippen LogP contribution is 2.25. The van der Waals surface area contributed by atoms with Crippen molar-refractivity contribution < 1.29 is 9.53 Å². The van der Waals surface area contributed by atoms with E-state index in [1.807, 2.05) is 19.1 Å². The maximum Gasteiger partial charge on any atom is 0.319 e. The van der Waals surface area contributed by atoms with Crippen molar-refractivity contribution in [2.24, 2.45) is 0 Å². The molecular weight excluding hydrogens is 276 g/mol. The smallest absolute Gasteiger partial charge is 0.319 e. The van der Waals surface area contributed by atoms with Crippen LogP contribution < -0.4 is 10.6 Å². The summed E-state index contributed by atoms with van der Waals surface area (Å²) in [4.78, 5) is 12.0. The van der Waals surface area contributed by atoms with E-state index in [0.717, 1.165) is 53.5 Å². The molecule has 0 radical (unpaired) electrons. The highest BCUT2D eigenvalue weighted by molar-refractivity contribution is 7.00. The van der Waals surface area contributed by atoms with Gasteiger partial charge < -0.3 is 15.4 Å². The number of aryl methyl sites for hydroxylation is 1. The summed E-state index contributed by atoms with van der Waals surface area (Å²) >= 11 is 1.14. The van der Waals surface area contributed by atoms with Crippen molar-refractivity contribution in [3.8, 4) is 0 Å². The molecule has 7 heteroatoms. The van der Waals surface area contributed by atoms with E-state index in [4.69, 9.17) is 4.74 Å². The van der Waals surface area contributed by atoms with Gasteiger partial charge in [0.05, 0.1) is 23.5 Å². The number of amides is 2. The van der Waals surface area contributed by atoms with Crippen molar-refractivity contribution in [3.63, 3.8) is 0 Å². The van der Waals surface area contributed by atoms with Gasteiger partial charge in [-0.2, -0.15) is 8.75 Å². The van der Waals surface area contributed by atoms with Crippen LogP contribution in [-0.2, 0) is 4.74 Å². The maximum atomic E-state index is 12.0. The van der Waals surface area contributed by atoms with Gasteiger partial charge in [-0.15, -0.1) is 0 Å². The number of urea groups is 1. The first kappa shape index (κ1) is 13.3. The monoisotopic (exact) mass is 292 g/mol. The number of aromatic nitrogens is 2. The van der Waals surface area contributed by atoms with Crippen molar-refractivity contribution in [2.75, 3.05) is 18.5 Å². The number of anilines is 1. The van der Waals surface area contributed by atoms with Crippen LogP contribution in [0.15, 0.2) is 12.1 Å². The summed E-state index contributed by atoms with van der Waals surface area (Å²) in [5.74, 6) is 0. The first-order valence-electron chi connectivity index (χ1n) is 6.62. The van der Waals surface area contributed by atoms with Gasteiger partial charge in [-0.1, -0.05) is 6.07 Å². The second-order valence-corrected chi connectivity index (χ2v) is 5.39. The van der Waals surface area contributed by atoms with Gasteiger partial charge in [-0.3, -0.25) is 0 Å². The molecule has 6 nitrogen and oxygen atoms in total. The molecule has 1 aromatic heterocycles. The molecule has 1 aromatic carbocycles. The van der Waals surface area contributed by atoms with E-state index >= 15 is 0 Å². The highest BCUT2D eigenvalue weighted by Gasteiger charge is 2.17. The number of carbonyl (C=O) groups is 1. The Labute approximate surface area is 120 Å². The van der Waals surface area contributed by atoms with E-state index in [1.54, 1.807) is 0 Å². The molecule has 106 valence electrons. The molecule has 0 bridgehead atoms. The van der Waals surface area contributed by atoms with Crippen LogP contribution in [0.2, 0.25) is 0 Å². The second kappa shape index (κ2) is 5.72. The normalized spacial score (nSPS) is 18.4. The Kier molecular flexibility index (Phi) is 3.79. The van der Waals surface area contributed by atoms with Crippen molar-refractivity contribution in [3.05, 3.63) is 17.7 Å². The van der Waals surface area contributed by atoms with Crippen molar-refractivity contribution >= 4 is 34.5 Å². The SMILES string of the molecule is Cc1ccc2nsnc2c1NC(=O)NCC1CCCO1. The highest BCUT2D eigenvalue weighted by atomic mass is 32.1. The number of rotatable bonds is 3. The molecule has 20 heavy (non-hydrogen) atoms. The second-order valence-electron chi connectivity index (χ2n) is 4.86. The van der Waals surface area contributed by atoms with Crippen LogP contribution in [0, 0.1) is 6.92 Å². The third-order valence-corrected chi connectivity index (χ3v) is 3.93. The molecule has 0 spiro atoms. The van der Waals surface area contributed by atoms with E-state index in [9.17, 15) is 4.79 Å². The zero-order valence-corrected chi connectivity index (χ0v) is 12.0. The lowest BCUT2D eigenvalue weighted by atomic mass is 10.1. The number of benzene rings is 1. The van der Waals surface area contributed by atoms with E-state index in [2.05, 4.69) is 19.4 Å². The molecular formula is C13H16N4O2S. The Morgan fingerprint density at radius 3 is 3.20 bits per heavy atom. The summed E-state index contributed by atoms with van der Waals surface area (Å²) in [6.07, 6.45) is 2.21. The third kappa shape index (κ3) is 2.73. The number of nitrogens with one attached hydrogen (secondary N) is 2. The lowest BCUT2D eigenvalue weighted by molar-refractivity contribution is 0.112. The van der Waals surface area contributed by atoms with Crippen molar-refractivity contribution in [2.45, 2.75) is 25.9 Å². The summed E-state index contributed by atoms with van der Waals surface area (Å²) in [5, 5.41) is 5.70. The van der Waals surface area contributed by atoms with Gasteiger partial charge >= 0.3 is 6.03 Å². The summed E-state index contributed by atoms with van der Waals surface area (Å²) in [7, 11) is 0. The zero-order chi connectivity index (χ0) is 13.9. The minimum Gasteiger partial charge on any atom is -0.376 e. The Morgan fingerprint density at radius 2 is 2.40 bits per heavy atom. The molecule has 3 rings (SSSR count). The minimum atomic E-state index is -0.232. The van der Waals surface area contributed by atoms with Gasteiger partial charge in [0.1, 0.15) is 11.0 Å². The van der Waals surface area contributed by atoms with E-state index < -0.39 is 0 Å². The number of fused-ring (bicyclic) bond motifs is 1. The summed E-state index contributed by atoms with van der Waals surface area (Å²) in [6, 6.07) is 3.60. The van der Waals surface area contributed by atoms with Gasteiger partial charge in [0.15, 0.2) is 0 Å². The number of hydrogen-bond donors (Lipinski definition) is 2. The Balaban J connectivity index is 1.67. The van der Waals surface area contributed by atoms with E-state index in [0.29, 0.717) is 6.54 Å². The lowest BCUT2D eigenvalue weighted by Crippen LogP contribution is -2.35. The van der Waals surface area contributed by atoms with Crippen molar-refractivity contribution in [1.29, 1.82) is 0 Å². The number of carbonyl (C=O) groups excluding carboxylic acids is 1. The molecule has 2 amide bonds. The number of nitrogens with zero attached hydrogens (tertiary/aromatic N) is 2. The largest absolute Gasteiger partial charge is 0.376 e. The molecule has 0 saturated carbocycles. The van der Waals surface area contributed by atoms with Crippen LogP contribution in [0.4, 0.5) is 10.5 Å². The van der Waals surface area contributed by atoms with Crippen LogP contribution in [-0.4, -0.2) is 34.0 Å². The molecule has 2 N–H and O–H groups in total. The van der Waals surface area contributed by atoms with Gasteiger partial charge in [-0.05, 0) is 31.4 Å². The maximum absolute atomic E-state index is 12.0. The predicted octanol–water partition coefficient (Wildman–Crippen LogP) is 2.30. The van der Waals surface area contributed by atoms with Gasteiger partial charge in [0, 0.05) is 13.2 Å².